The van der Waals surface area contributed by atoms with Gasteiger partial charge in [-0.1, -0.05) is 84.9 Å². The monoisotopic (exact) mass is 435 g/mol. The molecule has 6 heteroatoms. The van der Waals surface area contributed by atoms with Gasteiger partial charge in [0.1, 0.15) is 0 Å². The van der Waals surface area contributed by atoms with E-state index in [2.05, 4.69) is 18.2 Å². The van der Waals surface area contributed by atoms with E-state index in [-0.39, 0.29) is 0 Å². The predicted octanol–water partition coefficient (Wildman–Crippen LogP) is 5.17. The molecule has 3 aromatic carbocycles. The smallest absolute Gasteiger partial charge is 0.397 e. The highest BCUT2D eigenvalue weighted by Gasteiger charge is 2.53. The van der Waals surface area contributed by atoms with E-state index in [9.17, 15) is 0 Å². The van der Waals surface area contributed by atoms with E-state index in [1.165, 1.54) is 0 Å². The Kier molecular flexibility index (Phi) is 5.35. The van der Waals surface area contributed by atoms with E-state index >= 15 is 0 Å². The summed E-state index contributed by atoms with van der Waals surface area (Å²) in [4.78, 5) is 14.5. The summed E-state index contributed by atoms with van der Waals surface area (Å²) < 4.78 is 12.5. The van der Waals surface area contributed by atoms with Crippen molar-refractivity contribution in [1.82, 2.24) is 15.0 Å². The number of rotatable bonds is 4. The van der Waals surface area contributed by atoms with Gasteiger partial charge in [0.25, 0.3) is 0 Å². The third kappa shape index (κ3) is 4.08. The lowest BCUT2D eigenvalue weighted by molar-refractivity contribution is 0.00578. The van der Waals surface area contributed by atoms with Crippen molar-refractivity contribution >= 4 is 12.8 Å². The summed E-state index contributed by atoms with van der Waals surface area (Å²) in [7, 11) is -0.678. The first-order valence-electron chi connectivity index (χ1n) is 11.2. The molecule has 33 heavy (non-hydrogen) atoms. The fraction of sp³-hybridized carbons (Fsp3) is 0.222. The Labute approximate surface area is 195 Å². The van der Waals surface area contributed by atoms with Gasteiger partial charge < -0.3 is 9.31 Å². The van der Waals surface area contributed by atoms with Crippen LogP contribution in [0.1, 0.15) is 27.7 Å². The molecule has 4 aromatic rings. The zero-order valence-corrected chi connectivity index (χ0v) is 19.3. The summed E-state index contributed by atoms with van der Waals surface area (Å²) in [5.41, 5.74) is 3.51. The van der Waals surface area contributed by atoms with Crippen LogP contribution < -0.4 is 5.72 Å². The lowest BCUT2D eigenvalue weighted by Crippen LogP contribution is -2.41. The minimum atomic E-state index is -0.678. The van der Waals surface area contributed by atoms with Gasteiger partial charge in [-0.05, 0) is 38.8 Å². The lowest BCUT2D eigenvalue weighted by atomic mass is 9.88. The Morgan fingerprint density at radius 1 is 0.545 bits per heavy atom. The normalized spacial score (nSPS) is 16.7. The van der Waals surface area contributed by atoms with Crippen molar-refractivity contribution < 1.29 is 9.31 Å². The molecule has 1 saturated heterocycles. The minimum Gasteiger partial charge on any atom is -0.397 e. The average Bonchev–Trinajstić information content (AvgIpc) is 3.06. The number of nitrogens with zero attached hydrogens (tertiary/aromatic N) is 3. The minimum absolute atomic E-state index is 0.473. The Hall–Kier alpha value is -3.35. The van der Waals surface area contributed by atoms with Crippen molar-refractivity contribution in [3.63, 3.8) is 0 Å². The van der Waals surface area contributed by atoms with Gasteiger partial charge in [0.05, 0.1) is 11.2 Å². The Balaban J connectivity index is 1.68. The summed E-state index contributed by atoms with van der Waals surface area (Å²) in [5.74, 6) is 1.18. The highest BCUT2D eigenvalue weighted by atomic mass is 16.7. The lowest BCUT2D eigenvalue weighted by Gasteiger charge is -2.32. The summed E-state index contributed by atoms with van der Waals surface area (Å²) in [6.45, 7) is 8.10. The maximum Gasteiger partial charge on any atom is 0.534 e. The molecule has 0 atom stereocenters. The Morgan fingerprint density at radius 2 is 1.03 bits per heavy atom. The second-order valence-corrected chi connectivity index (χ2v) is 9.21. The first-order chi connectivity index (χ1) is 15.8. The molecule has 0 saturated carbocycles. The van der Waals surface area contributed by atoms with Crippen LogP contribution in [-0.4, -0.2) is 33.3 Å². The van der Waals surface area contributed by atoms with Gasteiger partial charge in [0, 0.05) is 11.1 Å². The van der Waals surface area contributed by atoms with Crippen LogP contribution in [0, 0.1) is 0 Å². The summed E-state index contributed by atoms with van der Waals surface area (Å²) >= 11 is 0. The average molecular weight is 435 g/mol. The molecule has 0 N–H and O–H groups in total. The molecule has 164 valence electrons. The highest BCUT2D eigenvalue weighted by molar-refractivity contribution is 6.60. The molecule has 5 nitrogen and oxygen atoms in total. The molecule has 0 bridgehead atoms. The summed E-state index contributed by atoms with van der Waals surface area (Å²) in [6.07, 6.45) is 0. The van der Waals surface area contributed by atoms with Gasteiger partial charge in [0.15, 0.2) is 17.4 Å². The van der Waals surface area contributed by atoms with Gasteiger partial charge in [-0.2, -0.15) is 0 Å². The quantitative estimate of drug-likeness (QED) is 0.414. The molecule has 0 spiro atoms. The third-order valence-corrected chi connectivity index (χ3v) is 6.40. The van der Waals surface area contributed by atoms with Crippen LogP contribution in [0.15, 0.2) is 84.9 Å². The molecule has 5 rings (SSSR count). The molecule has 1 aromatic heterocycles. The van der Waals surface area contributed by atoms with E-state index in [0.717, 1.165) is 22.3 Å². The molecule has 0 amide bonds. The zero-order chi connectivity index (χ0) is 23.1. The van der Waals surface area contributed by atoms with E-state index in [0.29, 0.717) is 17.4 Å². The van der Waals surface area contributed by atoms with Gasteiger partial charge in [-0.25, -0.2) is 15.0 Å². The second kappa shape index (κ2) is 8.21. The number of aromatic nitrogens is 3. The van der Waals surface area contributed by atoms with E-state index in [4.69, 9.17) is 24.3 Å². The van der Waals surface area contributed by atoms with Crippen molar-refractivity contribution in [3.05, 3.63) is 84.9 Å². The van der Waals surface area contributed by atoms with Gasteiger partial charge >= 0.3 is 7.12 Å². The predicted molar refractivity (Wildman–Crippen MR) is 132 cm³/mol. The van der Waals surface area contributed by atoms with Crippen molar-refractivity contribution in [2.75, 3.05) is 0 Å². The largest absolute Gasteiger partial charge is 0.534 e. The van der Waals surface area contributed by atoms with Gasteiger partial charge in [-0.15, -0.1) is 0 Å². The van der Waals surface area contributed by atoms with Crippen LogP contribution in [0.3, 0.4) is 0 Å². The Bertz CT molecular complexity index is 1260. The SMILES string of the molecule is CC1(C)OB(c2nc(-c3ccccc3)nc(-c3ccccc3-c3ccccc3)n2)OC1(C)C. The van der Waals surface area contributed by atoms with E-state index < -0.39 is 18.3 Å². The third-order valence-electron chi connectivity index (χ3n) is 6.40. The van der Waals surface area contributed by atoms with Gasteiger partial charge in [-0.3, -0.25) is 0 Å². The van der Waals surface area contributed by atoms with Crippen LogP contribution in [-0.2, 0) is 9.31 Å². The first kappa shape index (κ1) is 21.5. The molecule has 1 aliphatic heterocycles. The molecule has 0 radical (unpaired) electrons. The van der Waals surface area contributed by atoms with Crippen molar-refractivity contribution in [3.8, 4) is 33.9 Å². The standard InChI is InChI=1S/C27H26BN3O2/c1-26(2)27(3,4)33-28(32-26)25-30-23(20-15-9-6-10-16-20)29-24(31-25)22-18-12-11-17-21(22)19-13-7-5-8-14-19/h5-18H,1-4H3. The molecular formula is C27H26BN3O2. The zero-order valence-electron chi connectivity index (χ0n) is 19.3. The fourth-order valence-electron chi connectivity index (χ4n) is 3.83. The molecule has 0 aliphatic carbocycles. The fourth-order valence-corrected chi connectivity index (χ4v) is 3.83. The highest BCUT2D eigenvalue weighted by Crippen LogP contribution is 2.37. The topological polar surface area (TPSA) is 57.1 Å². The van der Waals surface area contributed by atoms with Crippen LogP contribution in [0.4, 0.5) is 0 Å². The number of hydrogen-bond donors (Lipinski definition) is 0. The van der Waals surface area contributed by atoms with Crippen LogP contribution in [0.25, 0.3) is 33.9 Å². The van der Waals surface area contributed by atoms with Crippen molar-refractivity contribution in [2.45, 2.75) is 38.9 Å². The van der Waals surface area contributed by atoms with Crippen LogP contribution in [0.5, 0.6) is 0 Å². The van der Waals surface area contributed by atoms with Crippen molar-refractivity contribution in [2.24, 2.45) is 0 Å². The molecular weight excluding hydrogens is 409 g/mol. The second-order valence-electron chi connectivity index (χ2n) is 9.21. The maximum absolute atomic E-state index is 6.27. The molecule has 0 unspecified atom stereocenters. The Morgan fingerprint density at radius 3 is 1.64 bits per heavy atom. The molecule has 2 heterocycles. The van der Waals surface area contributed by atoms with Crippen LogP contribution in [0.2, 0.25) is 0 Å². The summed E-state index contributed by atoms with van der Waals surface area (Å²) in [6, 6.07) is 28.3. The molecule has 1 fully saturated rings. The van der Waals surface area contributed by atoms with Crippen molar-refractivity contribution in [1.29, 1.82) is 0 Å². The van der Waals surface area contributed by atoms with E-state index in [1.807, 2.05) is 94.4 Å². The first-order valence-corrected chi connectivity index (χ1v) is 11.2. The van der Waals surface area contributed by atoms with Gasteiger partial charge in [0.2, 0.25) is 0 Å². The number of benzene rings is 3. The maximum atomic E-state index is 6.27. The van der Waals surface area contributed by atoms with E-state index in [1.54, 1.807) is 0 Å². The number of hydrogen-bond acceptors (Lipinski definition) is 5. The summed E-state index contributed by atoms with van der Waals surface area (Å²) in [5, 5.41) is 0. The molecule has 1 aliphatic rings. The van der Waals surface area contributed by atoms with Crippen LogP contribution >= 0.6 is 0 Å².